The van der Waals surface area contributed by atoms with E-state index in [1.54, 1.807) is 7.11 Å². The average molecular weight is 360 g/mol. The van der Waals surface area contributed by atoms with Crippen LogP contribution in [0.25, 0.3) is 0 Å². The van der Waals surface area contributed by atoms with Gasteiger partial charge < -0.3 is 14.5 Å². The first-order chi connectivity index (χ1) is 12.5. The molecule has 1 aromatic carbocycles. The standard InChI is InChI=1S/C21H33N3O2/c1-16-5-6-19(20(15-16)26-4)21(25)24-9-7-18(8-10-24)17(2)23-13-11-22(3)12-14-23/h5-6,15,17-18H,7-14H2,1-4H3. The number of rotatable bonds is 4. The van der Waals surface area contributed by atoms with Gasteiger partial charge in [0.2, 0.25) is 0 Å². The highest BCUT2D eigenvalue weighted by atomic mass is 16.5. The number of piperidine rings is 1. The Morgan fingerprint density at radius 1 is 1.12 bits per heavy atom. The summed E-state index contributed by atoms with van der Waals surface area (Å²) < 4.78 is 5.43. The summed E-state index contributed by atoms with van der Waals surface area (Å²) in [4.78, 5) is 20.0. The Hall–Kier alpha value is -1.59. The molecule has 144 valence electrons. The zero-order valence-corrected chi connectivity index (χ0v) is 16.7. The van der Waals surface area contributed by atoms with Gasteiger partial charge >= 0.3 is 0 Å². The Morgan fingerprint density at radius 2 is 1.77 bits per heavy atom. The molecule has 0 radical (unpaired) electrons. The van der Waals surface area contributed by atoms with E-state index >= 15 is 0 Å². The third kappa shape index (κ3) is 4.21. The van der Waals surface area contributed by atoms with Crippen LogP contribution in [0.15, 0.2) is 18.2 Å². The topological polar surface area (TPSA) is 36.0 Å². The Bertz CT molecular complexity index is 618. The number of amides is 1. The molecule has 1 amide bonds. The van der Waals surface area contributed by atoms with Gasteiger partial charge in [0.05, 0.1) is 12.7 Å². The summed E-state index contributed by atoms with van der Waals surface area (Å²) in [5, 5.41) is 0. The van der Waals surface area contributed by atoms with Crippen molar-refractivity contribution >= 4 is 5.91 Å². The van der Waals surface area contributed by atoms with E-state index in [-0.39, 0.29) is 5.91 Å². The lowest BCUT2D eigenvalue weighted by Gasteiger charge is -2.42. The molecule has 1 aromatic rings. The van der Waals surface area contributed by atoms with Crippen molar-refractivity contribution in [3.8, 4) is 5.75 Å². The van der Waals surface area contributed by atoms with Crippen molar-refractivity contribution in [1.82, 2.24) is 14.7 Å². The monoisotopic (exact) mass is 359 g/mol. The molecule has 26 heavy (non-hydrogen) atoms. The van der Waals surface area contributed by atoms with Crippen LogP contribution in [-0.4, -0.2) is 80.1 Å². The lowest BCUT2D eigenvalue weighted by molar-refractivity contribution is 0.0498. The maximum absolute atomic E-state index is 12.9. The Morgan fingerprint density at radius 3 is 2.38 bits per heavy atom. The van der Waals surface area contributed by atoms with Crippen LogP contribution in [0.2, 0.25) is 0 Å². The van der Waals surface area contributed by atoms with Gasteiger partial charge in [-0.15, -0.1) is 0 Å². The van der Waals surface area contributed by atoms with Gasteiger partial charge in [0, 0.05) is 45.3 Å². The zero-order chi connectivity index (χ0) is 18.7. The van der Waals surface area contributed by atoms with E-state index in [4.69, 9.17) is 4.74 Å². The summed E-state index contributed by atoms with van der Waals surface area (Å²) in [6.07, 6.45) is 2.18. The van der Waals surface area contributed by atoms with Crippen molar-refractivity contribution in [2.24, 2.45) is 5.92 Å². The highest BCUT2D eigenvalue weighted by molar-refractivity contribution is 5.97. The SMILES string of the molecule is COc1cc(C)ccc1C(=O)N1CCC(C(C)N2CCN(C)CC2)CC1. The number of nitrogens with zero attached hydrogens (tertiary/aromatic N) is 3. The molecule has 2 fully saturated rings. The van der Waals surface area contributed by atoms with Crippen molar-refractivity contribution in [3.63, 3.8) is 0 Å². The molecule has 2 heterocycles. The van der Waals surface area contributed by atoms with Gasteiger partial charge in [-0.25, -0.2) is 0 Å². The number of aryl methyl sites for hydroxylation is 1. The minimum absolute atomic E-state index is 0.104. The highest BCUT2D eigenvalue weighted by Crippen LogP contribution is 2.28. The van der Waals surface area contributed by atoms with Crippen LogP contribution >= 0.6 is 0 Å². The second-order valence-electron chi connectivity index (χ2n) is 7.91. The number of methoxy groups -OCH3 is 1. The van der Waals surface area contributed by atoms with Crippen molar-refractivity contribution in [1.29, 1.82) is 0 Å². The van der Waals surface area contributed by atoms with E-state index in [1.807, 2.05) is 30.0 Å². The predicted octanol–water partition coefficient (Wildman–Crippen LogP) is 2.49. The van der Waals surface area contributed by atoms with E-state index in [9.17, 15) is 4.79 Å². The molecule has 1 atom stereocenters. The van der Waals surface area contributed by atoms with Crippen LogP contribution in [0.4, 0.5) is 0 Å². The number of hydrogen-bond donors (Lipinski definition) is 0. The van der Waals surface area contributed by atoms with Gasteiger partial charge in [0.15, 0.2) is 0 Å². The van der Waals surface area contributed by atoms with Gasteiger partial charge in [-0.2, -0.15) is 0 Å². The maximum Gasteiger partial charge on any atom is 0.257 e. The average Bonchev–Trinajstić information content (AvgIpc) is 2.67. The fourth-order valence-corrected chi connectivity index (χ4v) is 4.26. The first-order valence-corrected chi connectivity index (χ1v) is 9.86. The van der Waals surface area contributed by atoms with Crippen molar-refractivity contribution in [2.75, 3.05) is 53.4 Å². The molecule has 2 aliphatic heterocycles. The Kier molecular flexibility index (Phi) is 6.20. The van der Waals surface area contributed by atoms with Crippen LogP contribution in [0.5, 0.6) is 5.75 Å². The Balaban J connectivity index is 1.57. The minimum Gasteiger partial charge on any atom is -0.496 e. The number of piperazine rings is 1. The molecule has 0 saturated carbocycles. The summed E-state index contributed by atoms with van der Waals surface area (Å²) in [5.41, 5.74) is 1.79. The Labute approximate surface area is 157 Å². The molecule has 5 nitrogen and oxygen atoms in total. The molecular formula is C21H33N3O2. The lowest BCUT2D eigenvalue weighted by Crippen LogP contribution is -2.52. The first-order valence-electron chi connectivity index (χ1n) is 9.86. The summed E-state index contributed by atoms with van der Waals surface area (Å²) >= 11 is 0. The molecule has 0 aromatic heterocycles. The molecule has 3 rings (SSSR count). The highest BCUT2D eigenvalue weighted by Gasteiger charge is 2.31. The molecule has 0 bridgehead atoms. The van der Waals surface area contributed by atoms with Gasteiger partial charge in [-0.1, -0.05) is 6.07 Å². The summed E-state index contributed by atoms with van der Waals surface area (Å²) in [5.74, 6) is 1.47. The summed E-state index contributed by atoms with van der Waals surface area (Å²) in [6, 6.07) is 6.43. The molecule has 0 N–H and O–H groups in total. The largest absolute Gasteiger partial charge is 0.496 e. The van der Waals surface area contributed by atoms with Crippen LogP contribution in [0.1, 0.15) is 35.7 Å². The molecule has 1 unspecified atom stereocenters. The van der Waals surface area contributed by atoms with Gasteiger partial charge in [0.1, 0.15) is 5.75 Å². The minimum atomic E-state index is 0.104. The predicted molar refractivity (Wildman–Crippen MR) is 105 cm³/mol. The van der Waals surface area contributed by atoms with E-state index < -0.39 is 0 Å². The van der Waals surface area contributed by atoms with Crippen LogP contribution in [-0.2, 0) is 0 Å². The van der Waals surface area contributed by atoms with Gasteiger partial charge in [-0.3, -0.25) is 9.69 Å². The third-order valence-corrected chi connectivity index (χ3v) is 6.21. The summed E-state index contributed by atoms with van der Waals surface area (Å²) in [7, 11) is 3.83. The molecule has 2 aliphatic rings. The number of benzene rings is 1. The van der Waals surface area contributed by atoms with Crippen LogP contribution in [0, 0.1) is 12.8 Å². The number of carbonyl (C=O) groups is 1. The summed E-state index contributed by atoms with van der Waals surface area (Å²) in [6.45, 7) is 10.7. The normalized spacial score (nSPS) is 21.6. The number of hydrogen-bond acceptors (Lipinski definition) is 4. The number of likely N-dealkylation sites (tertiary alicyclic amines) is 1. The first kappa shape index (κ1) is 19.2. The van der Waals surface area contributed by atoms with E-state index in [1.165, 1.54) is 0 Å². The van der Waals surface area contributed by atoms with Crippen LogP contribution in [0.3, 0.4) is 0 Å². The van der Waals surface area contributed by atoms with Crippen molar-refractivity contribution < 1.29 is 9.53 Å². The quantitative estimate of drug-likeness (QED) is 0.828. The van der Waals surface area contributed by atoms with Gasteiger partial charge in [0.25, 0.3) is 5.91 Å². The van der Waals surface area contributed by atoms with Crippen LogP contribution < -0.4 is 4.74 Å². The van der Waals surface area contributed by atoms with Crippen molar-refractivity contribution in [2.45, 2.75) is 32.7 Å². The fraction of sp³-hybridized carbons (Fsp3) is 0.667. The van der Waals surface area contributed by atoms with E-state index in [0.29, 0.717) is 23.3 Å². The molecule has 2 saturated heterocycles. The van der Waals surface area contributed by atoms with Crippen molar-refractivity contribution in [3.05, 3.63) is 29.3 Å². The molecular weight excluding hydrogens is 326 g/mol. The van der Waals surface area contributed by atoms with E-state index in [0.717, 1.165) is 57.7 Å². The second kappa shape index (κ2) is 8.40. The number of ether oxygens (including phenoxy) is 1. The number of carbonyl (C=O) groups excluding carboxylic acids is 1. The third-order valence-electron chi connectivity index (χ3n) is 6.21. The molecule has 5 heteroatoms. The maximum atomic E-state index is 12.9. The lowest BCUT2D eigenvalue weighted by atomic mass is 9.88. The zero-order valence-electron chi connectivity index (χ0n) is 16.7. The smallest absolute Gasteiger partial charge is 0.257 e. The fourth-order valence-electron chi connectivity index (χ4n) is 4.26. The van der Waals surface area contributed by atoms with E-state index in [2.05, 4.69) is 23.8 Å². The molecule has 0 aliphatic carbocycles. The van der Waals surface area contributed by atoms with Gasteiger partial charge in [-0.05, 0) is 57.4 Å². The number of likely N-dealkylation sites (N-methyl/N-ethyl adjacent to an activating group) is 1. The second-order valence-corrected chi connectivity index (χ2v) is 7.91. The molecule has 0 spiro atoms.